The van der Waals surface area contributed by atoms with E-state index in [1.54, 1.807) is 0 Å². The molecule has 2 nitrogen and oxygen atoms in total. The average molecular weight is 770 g/mol. The molecular formula is C20HCl14O2. The molecule has 0 saturated heterocycles. The molecule has 191 valence electrons. The number of carboxylic acids is 1. The van der Waals surface area contributed by atoms with E-state index in [0.29, 0.717) is 0 Å². The summed E-state index contributed by atoms with van der Waals surface area (Å²) in [5, 5.41) is 5.59. The van der Waals surface area contributed by atoms with Crippen LogP contribution in [-0.4, -0.2) is 11.1 Å². The third-order valence-corrected chi connectivity index (χ3v) is 10.9. The van der Waals surface area contributed by atoms with Crippen molar-refractivity contribution in [2.45, 2.75) is 0 Å². The standard InChI is InChI=1S/C20HCl14O2/c21-6-2(7(22)13(28)5(12(6)27)20(35)36)1(3-8(23)14(29)18(33)15(30)9(3)24)4-10(25)16(31)19(34)17(32)11(4)26/h(H,35,36). The van der Waals surface area contributed by atoms with Crippen LogP contribution in [0.5, 0.6) is 0 Å². The van der Waals surface area contributed by atoms with E-state index in [9.17, 15) is 9.90 Å². The predicted octanol–water partition coefficient (Wildman–Crippen LogP) is 13.6. The van der Waals surface area contributed by atoms with Crippen LogP contribution in [0.4, 0.5) is 0 Å². The molecule has 0 aliphatic heterocycles. The molecule has 0 spiro atoms. The quantitative estimate of drug-likeness (QED) is 0.163. The first-order valence-corrected chi connectivity index (χ1v) is 13.9. The van der Waals surface area contributed by atoms with Crippen molar-refractivity contribution in [1.82, 2.24) is 0 Å². The molecule has 16 heteroatoms. The third kappa shape index (κ3) is 5.17. The number of hydrogen-bond acceptors (Lipinski definition) is 1. The van der Waals surface area contributed by atoms with E-state index < -0.39 is 31.6 Å². The molecule has 0 heterocycles. The zero-order valence-electron chi connectivity index (χ0n) is 16.1. The van der Waals surface area contributed by atoms with Crippen molar-refractivity contribution in [3.05, 3.63) is 98.5 Å². The van der Waals surface area contributed by atoms with Crippen LogP contribution in [0.25, 0.3) is 0 Å². The van der Waals surface area contributed by atoms with Gasteiger partial charge in [0.2, 0.25) is 0 Å². The Hall–Kier alpha value is 1.19. The minimum Gasteiger partial charge on any atom is -0.478 e. The predicted molar refractivity (Wildman–Crippen MR) is 157 cm³/mol. The van der Waals surface area contributed by atoms with Gasteiger partial charge >= 0.3 is 5.97 Å². The van der Waals surface area contributed by atoms with Crippen LogP contribution in [-0.2, 0) is 0 Å². The van der Waals surface area contributed by atoms with Crippen LogP contribution in [0.3, 0.4) is 0 Å². The molecule has 0 unspecified atom stereocenters. The highest BCUT2D eigenvalue weighted by atomic mass is 35.5. The van der Waals surface area contributed by atoms with Gasteiger partial charge in [0.15, 0.2) is 0 Å². The number of benzene rings is 3. The fourth-order valence-corrected chi connectivity index (χ4v) is 6.92. The highest BCUT2D eigenvalue weighted by Gasteiger charge is 2.38. The van der Waals surface area contributed by atoms with Gasteiger partial charge < -0.3 is 5.11 Å². The first-order chi connectivity index (χ1) is 16.6. The molecule has 1 radical (unpaired) electrons. The van der Waals surface area contributed by atoms with Crippen LogP contribution in [0.2, 0.25) is 70.3 Å². The van der Waals surface area contributed by atoms with Gasteiger partial charge in [-0.3, -0.25) is 0 Å². The maximum atomic E-state index is 11.8. The van der Waals surface area contributed by atoms with Gasteiger partial charge in [-0.15, -0.1) is 0 Å². The van der Waals surface area contributed by atoms with Gasteiger partial charge in [-0.2, -0.15) is 0 Å². The Morgan fingerprint density at radius 2 is 0.500 bits per heavy atom. The summed E-state index contributed by atoms with van der Waals surface area (Å²) in [6.45, 7) is 0. The number of aromatic carboxylic acids is 1. The molecule has 36 heavy (non-hydrogen) atoms. The van der Waals surface area contributed by atoms with Crippen LogP contribution in [0, 0.1) is 5.92 Å². The largest absolute Gasteiger partial charge is 0.478 e. The molecule has 0 saturated carbocycles. The van der Waals surface area contributed by atoms with Gasteiger partial charge in [0.1, 0.15) is 0 Å². The zero-order valence-corrected chi connectivity index (χ0v) is 26.7. The second kappa shape index (κ2) is 12.0. The van der Waals surface area contributed by atoms with Gasteiger partial charge in [0, 0.05) is 16.7 Å². The number of carboxylic acid groups (broad SMARTS) is 1. The van der Waals surface area contributed by atoms with Crippen molar-refractivity contribution in [2.75, 3.05) is 0 Å². The molecule has 0 amide bonds. The number of carbonyl (C=O) groups is 1. The molecule has 0 aliphatic carbocycles. The molecule has 3 aromatic rings. The number of halogens is 14. The second-order valence-electron chi connectivity index (χ2n) is 6.58. The molecule has 3 rings (SSSR count). The summed E-state index contributed by atoms with van der Waals surface area (Å²) in [6, 6.07) is 0. The smallest absolute Gasteiger partial charge is 0.338 e. The van der Waals surface area contributed by atoms with Crippen molar-refractivity contribution in [3.8, 4) is 0 Å². The fraction of sp³-hybridized carbons (Fsp3) is 0. The summed E-state index contributed by atoms with van der Waals surface area (Å²) in [5.41, 5.74) is -1.08. The molecule has 1 N–H and O–H groups in total. The molecular weight excluding hydrogens is 769 g/mol. The zero-order chi connectivity index (χ0) is 27.5. The molecule has 0 atom stereocenters. The monoisotopic (exact) mass is 763 g/mol. The van der Waals surface area contributed by atoms with Gasteiger partial charge in [-0.25, -0.2) is 4.79 Å². The molecule has 0 aromatic heterocycles. The summed E-state index contributed by atoms with van der Waals surface area (Å²) in [4.78, 5) is 11.8. The van der Waals surface area contributed by atoms with E-state index in [1.165, 1.54) is 0 Å². The maximum absolute atomic E-state index is 11.8. The Balaban J connectivity index is 2.69. The van der Waals surface area contributed by atoms with Gasteiger partial charge in [0.25, 0.3) is 0 Å². The SMILES string of the molecule is O=C(O)c1c(Cl)c(Cl)c([C](c2c(Cl)c(Cl)c(Cl)c(Cl)c2Cl)c2c(Cl)c(Cl)c(Cl)c(Cl)c2Cl)c(Cl)c1Cl. The van der Waals surface area contributed by atoms with Gasteiger partial charge in [0.05, 0.1) is 81.8 Å². The lowest BCUT2D eigenvalue weighted by atomic mass is 9.84. The summed E-state index contributed by atoms with van der Waals surface area (Å²) in [5.74, 6) is -1.68. The lowest BCUT2D eigenvalue weighted by Gasteiger charge is -2.27. The first-order valence-electron chi connectivity index (χ1n) is 8.57. The van der Waals surface area contributed by atoms with Crippen LogP contribution in [0.1, 0.15) is 27.0 Å². The molecule has 3 aromatic carbocycles. The summed E-state index contributed by atoms with van der Waals surface area (Å²) in [7, 11) is 0. The van der Waals surface area contributed by atoms with Gasteiger partial charge in [-0.05, 0) is 0 Å². The van der Waals surface area contributed by atoms with Crippen LogP contribution in [0.15, 0.2) is 0 Å². The Bertz CT molecular complexity index is 1310. The highest BCUT2D eigenvalue weighted by Crippen LogP contribution is 2.57. The third-order valence-electron chi connectivity index (χ3n) is 4.65. The maximum Gasteiger partial charge on any atom is 0.338 e. The molecule has 0 fully saturated rings. The minimum absolute atomic E-state index is 0.144. The Morgan fingerprint density at radius 3 is 0.722 bits per heavy atom. The summed E-state index contributed by atoms with van der Waals surface area (Å²) >= 11 is 89.3. The van der Waals surface area contributed by atoms with E-state index in [0.717, 1.165) is 0 Å². The van der Waals surface area contributed by atoms with Gasteiger partial charge in [-0.1, -0.05) is 162 Å². The highest BCUT2D eigenvalue weighted by molar-refractivity contribution is 6.58. The van der Waals surface area contributed by atoms with E-state index in [-0.39, 0.29) is 72.8 Å². The van der Waals surface area contributed by atoms with Crippen molar-refractivity contribution in [3.63, 3.8) is 0 Å². The minimum atomic E-state index is -1.51. The van der Waals surface area contributed by atoms with E-state index in [1.807, 2.05) is 0 Å². The number of rotatable bonds is 4. The Labute approximate surface area is 273 Å². The fourth-order valence-electron chi connectivity index (χ4n) is 3.06. The van der Waals surface area contributed by atoms with Crippen molar-refractivity contribution in [1.29, 1.82) is 0 Å². The Morgan fingerprint density at radius 1 is 0.333 bits per heavy atom. The second-order valence-corrected chi connectivity index (χ2v) is 11.9. The molecule has 0 bridgehead atoms. The lowest BCUT2D eigenvalue weighted by Crippen LogP contribution is -2.13. The van der Waals surface area contributed by atoms with Crippen molar-refractivity contribution >= 4 is 168 Å². The first kappa shape index (κ1) is 31.7. The van der Waals surface area contributed by atoms with E-state index in [4.69, 9.17) is 162 Å². The molecule has 0 aliphatic rings. The summed E-state index contributed by atoms with van der Waals surface area (Å²) < 4.78 is 0. The van der Waals surface area contributed by atoms with Crippen molar-refractivity contribution in [2.24, 2.45) is 0 Å². The topological polar surface area (TPSA) is 37.3 Å². The van der Waals surface area contributed by atoms with E-state index >= 15 is 0 Å². The summed E-state index contributed by atoms with van der Waals surface area (Å²) in [6.07, 6.45) is 0. The average Bonchev–Trinajstić information content (AvgIpc) is 2.82. The van der Waals surface area contributed by atoms with Crippen LogP contribution >= 0.6 is 162 Å². The van der Waals surface area contributed by atoms with Crippen LogP contribution < -0.4 is 0 Å². The normalized spacial score (nSPS) is 11.5. The Kier molecular flexibility index (Phi) is 10.5. The van der Waals surface area contributed by atoms with E-state index in [2.05, 4.69) is 0 Å². The lowest BCUT2D eigenvalue weighted by molar-refractivity contribution is 0.0697. The van der Waals surface area contributed by atoms with Crippen molar-refractivity contribution < 1.29 is 9.90 Å². The number of hydrogen-bond donors (Lipinski definition) is 1.